The average molecular weight is 342 g/mol. The van der Waals surface area contributed by atoms with Gasteiger partial charge in [-0.2, -0.15) is 0 Å². The van der Waals surface area contributed by atoms with E-state index in [-0.39, 0.29) is 16.2 Å². The molecule has 21 heavy (non-hydrogen) atoms. The molecule has 0 saturated heterocycles. The van der Waals surface area contributed by atoms with Crippen LogP contribution in [0.1, 0.15) is 11.1 Å². The number of benzene rings is 1. The fourth-order valence-electron chi connectivity index (χ4n) is 1.66. The summed E-state index contributed by atoms with van der Waals surface area (Å²) in [7, 11) is 0. The lowest BCUT2D eigenvalue weighted by Gasteiger charge is -2.08. The lowest BCUT2D eigenvalue weighted by molar-refractivity contribution is -0.111. The largest absolute Gasteiger partial charge is 0.320 e. The molecule has 0 saturated carbocycles. The number of amides is 1. The molecule has 0 aliphatic carbocycles. The van der Waals surface area contributed by atoms with Crippen molar-refractivity contribution in [2.24, 2.45) is 0 Å². The quantitative estimate of drug-likeness (QED) is 0.630. The molecule has 108 valence electrons. The minimum atomic E-state index is -0.306. The van der Waals surface area contributed by atoms with Crippen molar-refractivity contribution < 1.29 is 4.79 Å². The third-order valence-corrected chi connectivity index (χ3v) is 3.41. The Labute approximate surface area is 137 Å². The van der Waals surface area contributed by atoms with E-state index in [4.69, 9.17) is 34.8 Å². The molecule has 1 aromatic heterocycles. The van der Waals surface area contributed by atoms with Crippen LogP contribution in [0.3, 0.4) is 0 Å². The van der Waals surface area contributed by atoms with Crippen LogP contribution in [0.4, 0.5) is 5.69 Å². The van der Waals surface area contributed by atoms with Gasteiger partial charge in [0.1, 0.15) is 5.15 Å². The molecule has 3 nitrogen and oxygen atoms in total. The number of pyridine rings is 1. The van der Waals surface area contributed by atoms with Gasteiger partial charge in [0.2, 0.25) is 5.91 Å². The van der Waals surface area contributed by atoms with Crippen molar-refractivity contribution in [3.8, 4) is 0 Å². The zero-order valence-electron chi connectivity index (χ0n) is 11.0. The highest BCUT2D eigenvalue weighted by atomic mass is 35.5. The van der Waals surface area contributed by atoms with Crippen LogP contribution in [0.15, 0.2) is 36.4 Å². The maximum absolute atomic E-state index is 11.9. The number of hydrogen-bond donors (Lipinski definition) is 1. The molecule has 0 atom stereocenters. The summed E-state index contributed by atoms with van der Waals surface area (Å²) in [5, 5.41) is 3.77. The van der Waals surface area contributed by atoms with E-state index in [0.29, 0.717) is 10.7 Å². The third-order valence-electron chi connectivity index (χ3n) is 2.69. The highest BCUT2D eigenvalue weighted by Gasteiger charge is 2.09. The zero-order valence-corrected chi connectivity index (χ0v) is 13.3. The first-order valence-electron chi connectivity index (χ1n) is 6.03. The molecule has 0 fully saturated rings. The summed E-state index contributed by atoms with van der Waals surface area (Å²) in [6.45, 7) is 1.79. The lowest BCUT2D eigenvalue weighted by Crippen LogP contribution is -2.10. The Morgan fingerprint density at radius 1 is 1.19 bits per heavy atom. The van der Waals surface area contributed by atoms with Crippen LogP contribution in [-0.2, 0) is 4.79 Å². The van der Waals surface area contributed by atoms with Crippen LogP contribution in [-0.4, -0.2) is 10.9 Å². The van der Waals surface area contributed by atoms with Crippen LogP contribution in [0.5, 0.6) is 0 Å². The van der Waals surface area contributed by atoms with Gasteiger partial charge in [0.25, 0.3) is 0 Å². The number of anilines is 1. The van der Waals surface area contributed by atoms with Crippen molar-refractivity contribution in [3.63, 3.8) is 0 Å². The Bertz CT molecular complexity index is 674. The number of nitrogens with zero attached hydrogens (tertiary/aromatic N) is 1. The molecule has 0 spiro atoms. The molecule has 1 N–H and O–H groups in total. The number of nitrogens with one attached hydrogen (secondary N) is 1. The summed E-state index contributed by atoms with van der Waals surface area (Å²) >= 11 is 17.5. The SMILES string of the molecule is Cc1cc(Cl)nc(Cl)c1NC(=O)/C=C/c1ccc(Cl)cc1. The standard InChI is InChI=1S/C15H11Cl3N2O/c1-9-8-12(17)19-15(18)14(9)20-13(21)7-4-10-2-5-11(16)6-3-10/h2-8H,1H3,(H,20,21)/b7-4+. The molecule has 1 heterocycles. The smallest absolute Gasteiger partial charge is 0.248 e. The number of aromatic nitrogens is 1. The topological polar surface area (TPSA) is 42.0 Å². The number of carbonyl (C=O) groups excluding carboxylic acids is 1. The van der Waals surface area contributed by atoms with E-state index in [9.17, 15) is 4.79 Å². The molecule has 0 unspecified atom stereocenters. The Morgan fingerprint density at radius 2 is 1.86 bits per heavy atom. The molecule has 0 bridgehead atoms. The van der Waals surface area contributed by atoms with Gasteiger partial charge in [-0.25, -0.2) is 4.98 Å². The molecule has 0 aliphatic rings. The van der Waals surface area contributed by atoms with Gasteiger partial charge in [0.15, 0.2) is 5.15 Å². The van der Waals surface area contributed by atoms with Crippen molar-refractivity contribution in [1.29, 1.82) is 0 Å². The van der Waals surface area contributed by atoms with Crippen LogP contribution in [0.2, 0.25) is 15.3 Å². The predicted molar refractivity (Wildman–Crippen MR) is 88.1 cm³/mol. The van der Waals surface area contributed by atoms with Gasteiger partial charge in [-0.1, -0.05) is 46.9 Å². The molecule has 2 rings (SSSR count). The maximum Gasteiger partial charge on any atom is 0.248 e. The second-order valence-corrected chi connectivity index (χ2v) is 5.48. The molecule has 1 amide bonds. The molecule has 6 heteroatoms. The van der Waals surface area contributed by atoms with Crippen LogP contribution in [0.25, 0.3) is 6.08 Å². The first kappa shape index (κ1) is 15.8. The minimum Gasteiger partial charge on any atom is -0.320 e. The van der Waals surface area contributed by atoms with E-state index in [0.717, 1.165) is 11.1 Å². The van der Waals surface area contributed by atoms with Crippen molar-refractivity contribution in [3.05, 3.63) is 62.9 Å². The van der Waals surface area contributed by atoms with Crippen molar-refractivity contribution in [2.45, 2.75) is 6.92 Å². The van der Waals surface area contributed by atoms with Gasteiger partial charge in [-0.05, 0) is 42.3 Å². The van der Waals surface area contributed by atoms with Crippen LogP contribution >= 0.6 is 34.8 Å². The molecular weight excluding hydrogens is 331 g/mol. The fraction of sp³-hybridized carbons (Fsp3) is 0.0667. The Hall–Kier alpha value is -1.55. The van der Waals surface area contributed by atoms with Crippen LogP contribution in [0, 0.1) is 6.92 Å². The van der Waals surface area contributed by atoms with E-state index in [1.54, 1.807) is 31.2 Å². The summed E-state index contributed by atoms with van der Waals surface area (Å²) in [4.78, 5) is 15.8. The monoisotopic (exact) mass is 340 g/mol. The van der Waals surface area contributed by atoms with Gasteiger partial charge < -0.3 is 5.32 Å². The number of hydrogen-bond acceptors (Lipinski definition) is 2. The van der Waals surface area contributed by atoms with Crippen molar-refractivity contribution in [2.75, 3.05) is 5.32 Å². The first-order chi connectivity index (χ1) is 9.95. The summed E-state index contributed by atoms with van der Waals surface area (Å²) in [5.74, 6) is -0.306. The molecule has 1 aromatic carbocycles. The number of carbonyl (C=O) groups is 1. The Kier molecular flexibility index (Phi) is 5.23. The average Bonchev–Trinajstić information content (AvgIpc) is 2.42. The molecule has 0 radical (unpaired) electrons. The van der Waals surface area contributed by atoms with E-state index >= 15 is 0 Å². The van der Waals surface area contributed by atoms with Crippen molar-refractivity contribution in [1.82, 2.24) is 4.98 Å². The lowest BCUT2D eigenvalue weighted by atomic mass is 10.2. The van der Waals surface area contributed by atoms with Gasteiger partial charge in [0.05, 0.1) is 5.69 Å². The summed E-state index contributed by atoms with van der Waals surface area (Å²) in [6, 6.07) is 8.76. The van der Waals surface area contributed by atoms with Gasteiger partial charge in [-0.15, -0.1) is 0 Å². The third kappa shape index (κ3) is 4.46. The first-order valence-corrected chi connectivity index (χ1v) is 7.16. The summed E-state index contributed by atoms with van der Waals surface area (Å²) in [6.07, 6.45) is 3.09. The second-order valence-electron chi connectivity index (χ2n) is 4.30. The molecule has 0 aliphatic heterocycles. The molecule has 2 aromatic rings. The number of halogens is 3. The Morgan fingerprint density at radius 3 is 2.48 bits per heavy atom. The fourth-order valence-corrected chi connectivity index (χ4v) is 2.36. The highest BCUT2D eigenvalue weighted by Crippen LogP contribution is 2.26. The maximum atomic E-state index is 11.9. The van der Waals surface area contributed by atoms with E-state index < -0.39 is 0 Å². The van der Waals surface area contributed by atoms with E-state index in [2.05, 4.69) is 10.3 Å². The van der Waals surface area contributed by atoms with E-state index in [1.165, 1.54) is 6.08 Å². The predicted octanol–water partition coefficient (Wildman–Crippen LogP) is 5.00. The normalized spacial score (nSPS) is 10.9. The van der Waals surface area contributed by atoms with Crippen molar-refractivity contribution >= 4 is 52.5 Å². The minimum absolute atomic E-state index is 0.160. The Balaban J connectivity index is 2.10. The molecular formula is C15H11Cl3N2O. The van der Waals surface area contributed by atoms with Gasteiger partial charge >= 0.3 is 0 Å². The number of rotatable bonds is 3. The van der Waals surface area contributed by atoms with Gasteiger partial charge in [0, 0.05) is 11.1 Å². The summed E-state index contributed by atoms with van der Waals surface area (Å²) in [5.41, 5.74) is 2.06. The highest BCUT2D eigenvalue weighted by molar-refractivity contribution is 6.35. The zero-order chi connectivity index (χ0) is 15.4. The number of aryl methyl sites for hydroxylation is 1. The summed E-state index contributed by atoms with van der Waals surface area (Å²) < 4.78 is 0. The second kappa shape index (κ2) is 6.94. The van der Waals surface area contributed by atoms with Crippen LogP contribution < -0.4 is 5.32 Å². The van der Waals surface area contributed by atoms with E-state index in [1.807, 2.05) is 12.1 Å². The van der Waals surface area contributed by atoms with Gasteiger partial charge in [-0.3, -0.25) is 4.79 Å².